The number of benzene rings is 1. The summed E-state index contributed by atoms with van der Waals surface area (Å²) in [7, 11) is 0. The Kier molecular flexibility index (Phi) is 9.32. The lowest BCUT2D eigenvalue weighted by atomic mass is 10.1. The first-order valence-corrected chi connectivity index (χ1v) is 13.9. The molecule has 1 aliphatic heterocycles. The van der Waals surface area contributed by atoms with Gasteiger partial charge >= 0.3 is 0 Å². The number of allylic oxidation sites excluding steroid dienone is 2. The van der Waals surface area contributed by atoms with Crippen molar-refractivity contribution in [1.29, 1.82) is 0 Å². The van der Waals surface area contributed by atoms with E-state index in [4.69, 9.17) is 22.3 Å². The standard InChI is InChI=1S/C28H36ClN7S/c1-5-15-37-28(19(3)6-2)32-20(4)18-35-11-13-36(14-12-35)25-23(29)17-31-27-24(25)33-26(34-27)22-9-7-21(16-30)8-10-22/h5,7-10,15,17,32H,4,6,11-14,16,18,30H2,1-3H3,(H,31,33,34)/b15-5-,28-19+. The van der Waals surface area contributed by atoms with E-state index in [2.05, 4.69) is 57.0 Å². The Balaban J connectivity index is 1.44. The fourth-order valence-corrected chi connectivity index (χ4v) is 5.38. The normalized spacial score (nSPS) is 15.4. The number of hydrogen-bond donors (Lipinski definition) is 3. The van der Waals surface area contributed by atoms with E-state index in [9.17, 15) is 0 Å². The Morgan fingerprint density at radius 1 is 1.24 bits per heavy atom. The van der Waals surface area contributed by atoms with Crippen molar-refractivity contribution in [3.63, 3.8) is 0 Å². The largest absolute Gasteiger partial charge is 0.366 e. The summed E-state index contributed by atoms with van der Waals surface area (Å²) in [6, 6.07) is 8.10. The number of halogens is 1. The van der Waals surface area contributed by atoms with Crippen molar-refractivity contribution in [3.8, 4) is 11.4 Å². The van der Waals surface area contributed by atoms with Crippen molar-refractivity contribution in [2.75, 3.05) is 37.6 Å². The minimum Gasteiger partial charge on any atom is -0.366 e. The molecule has 0 atom stereocenters. The smallest absolute Gasteiger partial charge is 0.180 e. The van der Waals surface area contributed by atoms with Crippen LogP contribution < -0.4 is 16.0 Å². The summed E-state index contributed by atoms with van der Waals surface area (Å²) in [4.78, 5) is 17.4. The zero-order valence-electron chi connectivity index (χ0n) is 21.9. The Morgan fingerprint density at radius 2 is 1.97 bits per heavy atom. The first-order chi connectivity index (χ1) is 17.9. The topological polar surface area (TPSA) is 86.1 Å². The SMILES string of the molecule is C=C(CN1CCN(c2c(Cl)cnc3nc(-c4ccc(CN)cc4)[nH]c23)CC1)N/C(S/C=C\C)=C(/C)CC. The van der Waals surface area contributed by atoms with Crippen LogP contribution in [0.25, 0.3) is 22.6 Å². The van der Waals surface area contributed by atoms with Gasteiger partial charge in [-0.05, 0) is 36.8 Å². The van der Waals surface area contributed by atoms with E-state index in [1.807, 2.05) is 31.2 Å². The molecule has 3 heterocycles. The highest BCUT2D eigenvalue weighted by molar-refractivity contribution is 8.05. The van der Waals surface area contributed by atoms with E-state index >= 15 is 0 Å². The van der Waals surface area contributed by atoms with Gasteiger partial charge in [-0.25, -0.2) is 9.97 Å². The van der Waals surface area contributed by atoms with Gasteiger partial charge in [0.2, 0.25) is 0 Å². The van der Waals surface area contributed by atoms with Crippen molar-refractivity contribution in [3.05, 3.63) is 75.4 Å². The monoisotopic (exact) mass is 537 g/mol. The number of fused-ring (bicyclic) bond motifs is 1. The third kappa shape index (κ3) is 6.57. The number of rotatable bonds is 10. The van der Waals surface area contributed by atoms with Gasteiger partial charge < -0.3 is 20.9 Å². The Morgan fingerprint density at radius 3 is 2.62 bits per heavy atom. The summed E-state index contributed by atoms with van der Waals surface area (Å²) in [5.41, 5.74) is 12.7. The van der Waals surface area contributed by atoms with E-state index in [-0.39, 0.29) is 0 Å². The molecule has 1 aliphatic rings. The molecule has 1 fully saturated rings. The molecule has 3 aromatic rings. The summed E-state index contributed by atoms with van der Waals surface area (Å²) in [6.07, 6.45) is 4.76. The Labute approximate surface area is 228 Å². The van der Waals surface area contributed by atoms with E-state index < -0.39 is 0 Å². The molecular formula is C28H36ClN7S. The molecule has 37 heavy (non-hydrogen) atoms. The van der Waals surface area contributed by atoms with Gasteiger partial charge in [0.25, 0.3) is 0 Å². The maximum atomic E-state index is 6.68. The summed E-state index contributed by atoms with van der Waals surface area (Å²) in [5.74, 6) is 0.776. The number of imidazole rings is 1. The third-order valence-electron chi connectivity index (χ3n) is 6.54. The van der Waals surface area contributed by atoms with Crippen LogP contribution in [-0.2, 0) is 6.54 Å². The van der Waals surface area contributed by atoms with Crippen LogP contribution in [0.15, 0.2) is 64.8 Å². The van der Waals surface area contributed by atoms with E-state index in [0.717, 1.165) is 73.0 Å². The van der Waals surface area contributed by atoms with E-state index in [1.54, 1.807) is 18.0 Å². The lowest BCUT2D eigenvalue weighted by molar-refractivity contribution is 0.275. The van der Waals surface area contributed by atoms with Crippen molar-refractivity contribution < 1.29 is 0 Å². The molecule has 7 nitrogen and oxygen atoms in total. The molecule has 9 heteroatoms. The summed E-state index contributed by atoms with van der Waals surface area (Å²) < 4.78 is 0. The second-order valence-electron chi connectivity index (χ2n) is 9.18. The lowest BCUT2D eigenvalue weighted by Gasteiger charge is -2.36. The average Bonchev–Trinajstić information content (AvgIpc) is 3.35. The second-order valence-corrected chi connectivity index (χ2v) is 10.5. The number of thioether (sulfide) groups is 1. The fraction of sp³-hybridized carbons (Fsp3) is 0.357. The van der Waals surface area contributed by atoms with Crippen molar-refractivity contribution in [1.82, 2.24) is 25.2 Å². The summed E-state index contributed by atoms with van der Waals surface area (Å²) in [5, 5.41) is 7.44. The molecule has 1 aromatic carbocycles. The van der Waals surface area contributed by atoms with Gasteiger partial charge in [-0.15, -0.1) is 0 Å². The van der Waals surface area contributed by atoms with Crippen LogP contribution >= 0.6 is 23.4 Å². The molecule has 2 aromatic heterocycles. The molecular weight excluding hydrogens is 502 g/mol. The minimum atomic E-state index is 0.516. The van der Waals surface area contributed by atoms with Gasteiger partial charge in [-0.3, -0.25) is 4.90 Å². The van der Waals surface area contributed by atoms with Gasteiger partial charge in [-0.1, -0.05) is 67.2 Å². The maximum absolute atomic E-state index is 6.68. The minimum absolute atomic E-state index is 0.516. The number of hydrogen-bond acceptors (Lipinski definition) is 7. The van der Waals surface area contributed by atoms with Crippen LogP contribution in [0.4, 0.5) is 5.69 Å². The van der Waals surface area contributed by atoms with Crippen LogP contribution in [0.1, 0.15) is 32.8 Å². The van der Waals surface area contributed by atoms with Crippen LogP contribution in [0.3, 0.4) is 0 Å². The third-order valence-corrected chi connectivity index (χ3v) is 7.92. The van der Waals surface area contributed by atoms with E-state index in [1.165, 1.54) is 10.6 Å². The van der Waals surface area contributed by atoms with Gasteiger partial charge in [0, 0.05) is 50.5 Å². The second kappa shape index (κ2) is 12.6. The highest BCUT2D eigenvalue weighted by Gasteiger charge is 2.23. The Hall–Kier alpha value is -2.78. The predicted octanol–water partition coefficient (Wildman–Crippen LogP) is 5.87. The van der Waals surface area contributed by atoms with Crippen LogP contribution in [-0.4, -0.2) is 52.6 Å². The first kappa shape index (κ1) is 27.3. The van der Waals surface area contributed by atoms with Gasteiger partial charge in [0.05, 0.1) is 21.9 Å². The molecule has 0 spiro atoms. The first-order valence-electron chi connectivity index (χ1n) is 12.7. The maximum Gasteiger partial charge on any atom is 0.180 e. The van der Waals surface area contributed by atoms with Crippen LogP contribution in [0.2, 0.25) is 5.02 Å². The quantitative estimate of drug-likeness (QED) is 0.298. The summed E-state index contributed by atoms with van der Waals surface area (Å²) in [6.45, 7) is 15.5. The molecule has 196 valence electrons. The molecule has 0 radical (unpaired) electrons. The number of piperazine rings is 1. The van der Waals surface area contributed by atoms with Gasteiger partial charge in [0.15, 0.2) is 5.65 Å². The van der Waals surface area contributed by atoms with Crippen LogP contribution in [0.5, 0.6) is 0 Å². The zero-order chi connectivity index (χ0) is 26.4. The van der Waals surface area contributed by atoms with Gasteiger partial charge in [0.1, 0.15) is 11.3 Å². The Bertz CT molecular complexity index is 1290. The molecule has 4 N–H and O–H groups in total. The average molecular weight is 538 g/mol. The van der Waals surface area contributed by atoms with Crippen LogP contribution in [0, 0.1) is 0 Å². The molecule has 0 saturated carbocycles. The number of H-pyrrole nitrogens is 1. The highest BCUT2D eigenvalue weighted by Crippen LogP contribution is 2.34. The number of nitrogens with one attached hydrogen (secondary N) is 2. The van der Waals surface area contributed by atoms with E-state index in [0.29, 0.717) is 17.2 Å². The number of pyridine rings is 1. The lowest BCUT2D eigenvalue weighted by Crippen LogP contribution is -2.47. The van der Waals surface area contributed by atoms with Crippen molar-refractivity contribution in [2.24, 2.45) is 5.73 Å². The predicted molar refractivity (Wildman–Crippen MR) is 159 cm³/mol. The molecule has 1 saturated heterocycles. The number of nitrogens with two attached hydrogens (primary N) is 1. The number of aromatic amines is 1. The van der Waals surface area contributed by atoms with Crippen molar-refractivity contribution in [2.45, 2.75) is 33.7 Å². The number of anilines is 1. The van der Waals surface area contributed by atoms with Gasteiger partial charge in [-0.2, -0.15) is 0 Å². The highest BCUT2D eigenvalue weighted by atomic mass is 35.5. The summed E-state index contributed by atoms with van der Waals surface area (Å²) >= 11 is 8.39. The molecule has 4 rings (SSSR count). The fourth-order valence-electron chi connectivity index (χ4n) is 4.30. The zero-order valence-corrected chi connectivity index (χ0v) is 23.4. The molecule has 0 bridgehead atoms. The molecule has 0 unspecified atom stereocenters. The van der Waals surface area contributed by atoms with Crippen molar-refractivity contribution >= 4 is 40.2 Å². The molecule has 0 aliphatic carbocycles. The number of nitrogens with zero attached hydrogens (tertiary/aromatic N) is 4. The number of aromatic nitrogens is 3. The molecule has 0 amide bonds.